The monoisotopic (exact) mass is 500 g/mol. The van der Waals surface area contributed by atoms with Gasteiger partial charge in [-0.2, -0.15) is 0 Å². The predicted molar refractivity (Wildman–Crippen MR) is 146 cm³/mol. The summed E-state index contributed by atoms with van der Waals surface area (Å²) in [6, 6.07) is 23.7. The standard InChI is InChI=1S/C32H24N2O4/c1-18-14-19(2)29(20(3)15-18)38-32(37)28-24-10-6-7-11-26(24)33-27-16-21(12-13-25(27)28)17-34-30(35)22-8-4-5-9-23(22)31(34)36/h4-16H,17H2,1-3H3. The van der Waals surface area contributed by atoms with E-state index in [4.69, 9.17) is 9.72 Å². The quantitative estimate of drug-likeness (QED) is 0.125. The Bertz CT molecular complexity index is 1760. The zero-order valence-electron chi connectivity index (χ0n) is 21.2. The number of hydrogen-bond acceptors (Lipinski definition) is 5. The van der Waals surface area contributed by atoms with Crippen LogP contribution in [0.25, 0.3) is 21.8 Å². The van der Waals surface area contributed by atoms with Gasteiger partial charge in [0.2, 0.25) is 0 Å². The number of carbonyl (C=O) groups excluding carboxylic acids is 3. The van der Waals surface area contributed by atoms with Crippen LogP contribution in [0.15, 0.2) is 78.9 Å². The second kappa shape index (κ2) is 8.92. The molecule has 0 saturated carbocycles. The Morgan fingerprint density at radius 1 is 0.763 bits per heavy atom. The van der Waals surface area contributed by atoms with E-state index in [1.807, 2.05) is 75.4 Å². The third kappa shape index (κ3) is 3.82. The van der Waals surface area contributed by atoms with Crippen molar-refractivity contribution in [3.05, 3.63) is 118 Å². The van der Waals surface area contributed by atoms with Crippen LogP contribution in [0.2, 0.25) is 0 Å². The Balaban J connectivity index is 1.41. The van der Waals surface area contributed by atoms with E-state index in [-0.39, 0.29) is 18.4 Å². The van der Waals surface area contributed by atoms with Crippen LogP contribution in [-0.2, 0) is 6.54 Å². The molecule has 38 heavy (non-hydrogen) atoms. The first kappa shape index (κ1) is 23.6. The first-order valence-corrected chi connectivity index (χ1v) is 12.4. The van der Waals surface area contributed by atoms with Crippen molar-refractivity contribution < 1.29 is 19.1 Å². The summed E-state index contributed by atoms with van der Waals surface area (Å²) in [6.07, 6.45) is 0. The largest absolute Gasteiger partial charge is 0.422 e. The van der Waals surface area contributed by atoms with Crippen LogP contribution in [0.4, 0.5) is 0 Å². The fraction of sp³-hybridized carbons (Fsp3) is 0.125. The summed E-state index contributed by atoms with van der Waals surface area (Å²) in [4.78, 5) is 45.4. The molecule has 0 spiro atoms. The van der Waals surface area contributed by atoms with Gasteiger partial charge in [0.25, 0.3) is 11.8 Å². The molecule has 2 heterocycles. The number of carbonyl (C=O) groups is 3. The van der Waals surface area contributed by atoms with E-state index in [2.05, 4.69) is 0 Å². The molecule has 0 radical (unpaired) electrons. The number of aryl methyl sites for hydroxylation is 3. The maximum atomic E-state index is 13.7. The van der Waals surface area contributed by atoms with Gasteiger partial charge >= 0.3 is 5.97 Å². The Morgan fingerprint density at radius 3 is 2.05 bits per heavy atom. The van der Waals surface area contributed by atoms with Gasteiger partial charge in [-0.1, -0.05) is 60.2 Å². The molecular weight excluding hydrogens is 476 g/mol. The van der Waals surface area contributed by atoms with Crippen LogP contribution >= 0.6 is 0 Å². The first-order valence-electron chi connectivity index (χ1n) is 12.4. The maximum absolute atomic E-state index is 13.7. The van der Waals surface area contributed by atoms with E-state index in [1.54, 1.807) is 24.3 Å². The number of para-hydroxylation sites is 1. The SMILES string of the molecule is Cc1cc(C)c(OC(=O)c2c3ccccc3nc3cc(CN4C(=O)c5ccccc5C4=O)ccc23)c(C)c1. The van der Waals surface area contributed by atoms with Crippen molar-refractivity contribution in [3.8, 4) is 5.75 Å². The zero-order chi connectivity index (χ0) is 26.6. The molecule has 1 aliphatic rings. The van der Waals surface area contributed by atoms with Crippen LogP contribution in [0.1, 0.15) is 53.3 Å². The van der Waals surface area contributed by atoms with Gasteiger partial charge in [0, 0.05) is 10.8 Å². The lowest BCUT2D eigenvalue weighted by Gasteiger charge is -2.16. The topological polar surface area (TPSA) is 76.6 Å². The van der Waals surface area contributed by atoms with Crippen molar-refractivity contribution in [2.75, 3.05) is 0 Å². The van der Waals surface area contributed by atoms with Crippen molar-refractivity contribution in [3.63, 3.8) is 0 Å². The van der Waals surface area contributed by atoms with Crippen molar-refractivity contribution in [1.29, 1.82) is 0 Å². The fourth-order valence-corrected chi connectivity index (χ4v) is 5.29. The first-order chi connectivity index (χ1) is 18.3. The smallest absolute Gasteiger partial charge is 0.344 e. The molecule has 0 bridgehead atoms. The second-order valence-corrected chi connectivity index (χ2v) is 9.71. The average molecular weight is 501 g/mol. The second-order valence-electron chi connectivity index (χ2n) is 9.71. The minimum atomic E-state index is -0.461. The molecule has 6 rings (SSSR count). The molecule has 186 valence electrons. The summed E-state index contributed by atoms with van der Waals surface area (Å²) in [5, 5.41) is 1.34. The number of esters is 1. The summed E-state index contributed by atoms with van der Waals surface area (Å²) in [6.45, 7) is 5.97. The van der Waals surface area contributed by atoms with Crippen LogP contribution in [0, 0.1) is 20.8 Å². The molecule has 1 aliphatic heterocycles. The zero-order valence-corrected chi connectivity index (χ0v) is 21.2. The molecule has 6 heteroatoms. The number of aromatic nitrogens is 1. The Kier molecular flexibility index (Phi) is 5.53. The van der Waals surface area contributed by atoms with E-state index in [0.717, 1.165) is 22.3 Å². The molecule has 6 nitrogen and oxygen atoms in total. The average Bonchev–Trinajstić information content (AvgIpc) is 3.14. The third-order valence-corrected chi connectivity index (χ3v) is 6.97. The molecule has 0 fully saturated rings. The number of nitrogens with zero attached hydrogens (tertiary/aromatic N) is 2. The lowest BCUT2D eigenvalue weighted by atomic mass is 10.0. The van der Waals surface area contributed by atoms with Gasteiger partial charge in [-0.05, 0) is 61.7 Å². The van der Waals surface area contributed by atoms with Crippen LogP contribution in [0.3, 0.4) is 0 Å². The number of ether oxygens (including phenoxy) is 1. The highest BCUT2D eigenvalue weighted by Crippen LogP contribution is 2.31. The number of benzene rings is 4. The molecule has 0 aliphatic carbocycles. The normalized spacial score (nSPS) is 12.9. The number of imide groups is 1. The van der Waals surface area contributed by atoms with Gasteiger partial charge in [-0.3, -0.25) is 14.5 Å². The maximum Gasteiger partial charge on any atom is 0.344 e. The molecule has 0 saturated heterocycles. The Morgan fingerprint density at radius 2 is 1.37 bits per heavy atom. The van der Waals surface area contributed by atoms with Crippen molar-refractivity contribution in [2.24, 2.45) is 0 Å². The van der Waals surface area contributed by atoms with Gasteiger partial charge in [0.15, 0.2) is 0 Å². The summed E-state index contributed by atoms with van der Waals surface area (Å²) < 4.78 is 5.97. The summed E-state index contributed by atoms with van der Waals surface area (Å²) >= 11 is 0. The van der Waals surface area contributed by atoms with Gasteiger partial charge < -0.3 is 4.74 Å². The van der Waals surface area contributed by atoms with Crippen molar-refractivity contribution >= 4 is 39.6 Å². The lowest BCUT2D eigenvalue weighted by molar-refractivity contribution is 0.0641. The minimum absolute atomic E-state index is 0.109. The van der Waals surface area contributed by atoms with Crippen LogP contribution < -0.4 is 4.74 Å². The van der Waals surface area contributed by atoms with E-state index in [9.17, 15) is 14.4 Å². The highest BCUT2D eigenvalue weighted by atomic mass is 16.5. The number of hydrogen-bond donors (Lipinski definition) is 0. The molecule has 0 unspecified atom stereocenters. The number of fused-ring (bicyclic) bond motifs is 3. The van der Waals surface area contributed by atoms with Crippen LogP contribution in [0.5, 0.6) is 5.75 Å². The molecule has 4 aromatic carbocycles. The Labute approximate surface area is 219 Å². The van der Waals surface area contributed by atoms with Gasteiger partial charge in [0.05, 0.1) is 34.3 Å². The van der Waals surface area contributed by atoms with Gasteiger partial charge in [-0.15, -0.1) is 0 Å². The highest BCUT2D eigenvalue weighted by molar-refractivity contribution is 6.21. The van der Waals surface area contributed by atoms with E-state index < -0.39 is 5.97 Å². The minimum Gasteiger partial charge on any atom is -0.422 e. The molecule has 5 aromatic rings. The van der Waals surface area contributed by atoms with Gasteiger partial charge in [-0.25, -0.2) is 9.78 Å². The van der Waals surface area contributed by atoms with Gasteiger partial charge in [0.1, 0.15) is 5.75 Å². The molecule has 0 atom stereocenters. The molecule has 0 N–H and O–H groups in total. The molecular formula is C32H24N2O4. The number of rotatable bonds is 4. The fourth-order valence-electron chi connectivity index (χ4n) is 5.29. The summed E-state index contributed by atoms with van der Waals surface area (Å²) in [7, 11) is 0. The van der Waals surface area contributed by atoms with E-state index in [0.29, 0.717) is 44.2 Å². The predicted octanol–water partition coefficient (Wildman–Crippen LogP) is 6.33. The molecule has 1 aromatic heterocycles. The van der Waals surface area contributed by atoms with Crippen molar-refractivity contribution in [1.82, 2.24) is 9.88 Å². The number of amides is 2. The molecule has 2 amide bonds. The van der Waals surface area contributed by atoms with Crippen LogP contribution in [-0.4, -0.2) is 27.7 Å². The number of pyridine rings is 1. The van der Waals surface area contributed by atoms with Crippen molar-refractivity contribution in [2.45, 2.75) is 27.3 Å². The summed E-state index contributed by atoms with van der Waals surface area (Å²) in [5.41, 5.74) is 6.11. The van der Waals surface area contributed by atoms with E-state index in [1.165, 1.54) is 4.90 Å². The highest BCUT2D eigenvalue weighted by Gasteiger charge is 2.35. The lowest BCUT2D eigenvalue weighted by Crippen LogP contribution is -2.29. The van der Waals surface area contributed by atoms with E-state index >= 15 is 0 Å². The third-order valence-electron chi connectivity index (χ3n) is 6.97. The Hall–Kier alpha value is -4.84. The summed E-state index contributed by atoms with van der Waals surface area (Å²) in [5.74, 6) is -0.538.